The molecule has 0 bridgehead atoms. The maximum Gasteiger partial charge on any atom is 0.358 e. The number of aromatic carboxylic acids is 1. The Bertz CT molecular complexity index is 771. The van der Waals surface area contributed by atoms with E-state index in [0.29, 0.717) is 5.69 Å². The minimum Gasteiger partial charge on any atom is -0.476 e. The van der Waals surface area contributed by atoms with Crippen molar-refractivity contribution in [1.82, 2.24) is 15.0 Å². The number of carboxylic acids is 1. The number of anilines is 1. The third-order valence-electron chi connectivity index (χ3n) is 3.25. The number of hydrogen-bond acceptors (Lipinski definition) is 5. The fourth-order valence-electron chi connectivity index (χ4n) is 2.11. The first kappa shape index (κ1) is 17.1. The second kappa shape index (κ2) is 7.36. The number of hydrogen-bond donors (Lipinski definition) is 2. The van der Waals surface area contributed by atoms with Crippen LogP contribution >= 0.6 is 0 Å². The SMILES string of the molecule is Cc1cccc(N(CCC(N)=O)C(=O)Cn2cc(C(=O)O)nn2)c1. The van der Waals surface area contributed by atoms with E-state index in [-0.39, 0.29) is 31.1 Å². The summed E-state index contributed by atoms with van der Waals surface area (Å²) in [6.45, 7) is 1.81. The molecule has 2 rings (SSSR count). The lowest BCUT2D eigenvalue weighted by atomic mass is 10.2. The summed E-state index contributed by atoms with van der Waals surface area (Å²) >= 11 is 0. The molecule has 0 aliphatic rings. The average Bonchev–Trinajstić information content (AvgIpc) is 2.96. The van der Waals surface area contributed by atoms with Gasteiger partial charge < -0.3 is 15.7 Å². The zero-order valence-electron chi connectivity index (χ0n) is 13.0. The van der Waals surface area contributed by atoms with Crippen molar-refractivity contribution in [2.45, 2.75) is 19.9 Å². The van der Waals surface area contributed by atoms with Crippen LogP contribution in [0.15, 0.2) is 30.5 Å². The van der Waals surface area contributed by atoms with Gasteiger partial charge in [-0.15, -0.1) is 5.10 Å². The number of rotatable bonds is 7. The van der Waals surface area contributed by atoms with Crippen LogP contribution in [0.3, 0.4) is 0 Å². The molecule has 2 amide bonds. The Hall–Kier alpha value is -3.23. The van der Waals surface area contributed by atoms with Crippen molar-refractivity contribution in [3.8, 4) is 0 Å². The summed E-state index contributed by atoms with van der Waals surface area (Å²) in [6.07, 6.45) is 1.18. The van der Waals surface area contributed by atoms with Gasteiger partial charge in [0.1, 0.15) is 6.54 Å². The Labute approximate surface area is 137 Å². The van der Waals surface area contributed by atoms with Gasteiger partial charge >= 0.3 is 5.97 Å². The van der Waals surface area contributed by atoms with Crippen molar-refractivity contribution >= 4 is 23.5 Å². The predicted octanol–water partition coefficient (Wildman–Crippen LogP) is 0.193. The molecule has 0 fully saturated rings. The summed E-state index contributed by atoms with van der Waals surface area (Å²) in [5.74, 6) is -2.10. The van der Waals surface area contributed by atoms with Crippen molar-refractivity contribution in [3.05, 3.63) is 41.7 Å². The van der Waals surface area contributed by atoms with Gasteiger partial charge in [-0.1, -0.05) is 17.3 Å². The van der Waals surface area contributed by atoms with E-state index in [1.54, 1.807) is 12.1 Å². The van der Waals surface area contributed by atoms with E-state index < -0.39 is 11.9 Å². The molecule has 0 spiro atoms. The standard InChI is InChI=1S/C15H17N5O4/c1-10-3-2-4-11(7-10)20(6-5-13(16)21)14(22)9-19-8-12(15(23)24)17-18-19/h2-4,7-8H,5-6,9H2,1H3,(H2,16,21)(H,23,24). The number of nitrogens with two attached hydrogens (primary N) is 1. The number of aromatic nitrogens is 3. The summed E-state index contributed by atoms with van der Waals surface area (Å²) in [7, 11) is 0. The second-order valence-electron chi connectivity index (χ2n) is 5.21. The van der Waals surface area contributed by atoms with Crippen LogP contribution in [-0.2, 0) is 16.1 Å². The van der Waals surface area contributed by atoms with Crippen LogP contribution in [0.5, 0.6) is 0 Å². The normalized spacial score (nSPS) is 10.4. The molecule has 24 heavy (non-hydrogen) atoms. The van der Waals surface area contributed by atoms with Crippen LogP contribution in [0.4, 0.5) is 5.69 Å². The van der Waals surface area contributed by atoms with Crippen LogP contribution < -0.4 is 10.6 Å². The molecule has 0 radical (unpaired) electrons. The van der Waals surface area contributed by atoms with Crippen LogP contribution in [0.25, 0.3) is 0 Å². The third kappa shape index (κ3) is 4.38. The lowest BCUT2D eigenvalue weighted by Crippen LogP contribution is -2.36. The quantitative estimate of drug-likeness (QED) is 0.744. The number of carboxylic acid groups (broad SMARTS) is 1. The van der Waals surface area contributed by atoms with Gasteiger partial charge in [0.2, 0.25) is 11.8 Å². The lowest BCUT2D eigenvalue weighted by Gasteiger charge is -2.22. The van der Waals surface area contributed by atoms with Crippen molar-refractivity contribution in [2.75, 3.05) is 11.4 Å². The van der Waals surface area contributed by atoms with Gasteiger partial charge in [0.15, 0.2) is 5.69 Å². The number of carbonyl (C=O) groups is 3. The van der Waals surface area contributed by atoms with E-state index >= 15 is 0 Å². The molecule has 0 saturated heterocycles. The van der Waals surface area contributed by atoms with E-state index in [2.05, 4.69) is 10.3 Å². The van der Waals surface area contributed by atoms with Gasteiger partial charge in [0.05, 0.1) is 6.20 Å². The molecule has 0 unspecified atom stereocenters. The van der Waals surface area contributed by atoms with Gasteiger partial charge in [0.25, 0.3) is 0 Å². The van der Waals surface area contributed by atoms with Crippen molar-refractivity contribution in [2.24, 2.45) is 5.73 Å². The van der Waals surface area contributed by atoms with Crippen LogP contribution in [0.1, 0.15) is 22.5 Å². The Morgan fingerprint density at radius 2 is 2.08 bits per heavy atom. The lowest BCUT2D eigenvalue weighted by molar-refractivity contribution is -0.119. The molecule has 2 aromatic rings. The summed E-state index contributed by atoms with van der Waals surface area (Å²) in [5.41, 5.74) is 6.50. The van der Waals surface area contributed by atoms with E-state index in [4.69, 9.17) is 10.8 Å². The monoisotopic (exact) mass is 331 g/mol. The Kier molecular flexibility index (Phi) is 5.25. The molecule has 1 heterocycles. The Morgan fingerprint density at radius 3 is 2.67 bits per heavy atom. The topological polar surface area (TPSA) is 131 Å². The Morgan fingerprint density at radius 1 is 1.33 bits per heavy atom. The average molecular weight is 331 g/mol. The molecule has 0 saturated carbocycles. The number of benzene rings is 1. The smallest absolute Gasteiger partial charge is 0.358 e. The second-order valence-corrected chi connectivity index (χ2v) is 5.21. The minimum atomic E-state index is -1.22. The molecule has 126 valence electrons. The van der Waals surface area contributed by atoms with Crippen LogP contribution in [0.2, 0.25) is 0 Å². The molecule has 0 atom stereocenters. The molecule has 9 nitrogen and oxygen atoms in total. The van der Waals surface area contributed by atoms with Gasteiger partial charge in [-0.05, 0) is 24.6 Å². The number of amides is 2. The maximum atomic E-state index is 12.6. The van der Waals surface area contributed by atoms with Crippen LogP contribution in [-0.4, -0.2) is 44.4 Å². The van der Waals surface area contributed by atoms with Crippen molar-refractivity contribution in [1.29, 1.82) is 0 Å². The molecular formula is C15H17N5O4. The molecule has 1 aromatic heterocycles. The van der Waals surface area contributed by atoms with Gasteiger partial charge in [-0.2, -0.15) is 0 Å². The summed E-state index contributed by atoms with van der Waals surface area (Å²) < 4.78 is 1.14. The number of aryl methyl sites for hydroxylation is 1. The van der Waals surface area contributed by atoms with Gasteiger partial charge in [-0.25, -0.2) is 9.48 Å². The largest absolute Gasteiger partial charge is 0.476 e. The molecule has 0 aliphatic carbocycles. The van der Waals surface area contributed by atoms with Gasteiger partial charge in [0, 0.05) is 18.7 Å². The molecule has 9 heteroatoms. The fourth-order valence-corrected chi connectivity index (χ4v) is 2.11. The Balaban J connectivity index is 2.19. The van der Waals surface area contributed by atoms with Gasteiger partial charge in [-0.3, -0.25) is 9.59 Å². The number of nitrogens with zero attached hydrogens (tertiary/aromatic N) is 4. The summed E-state index contributed by atoms with van der Waals surface area (Å²) in [6, 6.07) is 7.24. The third-order valence-corrected chi connectivity index (χ3v) is 3.25. The molecule has 3 N–H and O–H groups in total. The highest BCUT2D eigenvalue weighted by atomic mass is 16.4. The highest BCUT2D eigenvalue weighted by Crippen LogP contribution is 2.17. The zero-order valence-corrected chi connectivity index (χ0v) is 13.0. The summed E-state index contributed by atoms with van der Waals surface area (Å²) in [4.78, 5) is 35.8. The first-order chi connectivity index (χ1) is 11.4. The minimum absolute atomic E-state index is 0.0113. The highest BCUT2D eigenvalue weighted by molar-refractivity contribution is 5.94. The van der Waals surface area contributed by atoms with E-state index in [9.17, 15) is 14.4 Å². The molecule has 1 aromatic carbocycles. The predicted molar refractivity (Wildman–Crippen MR) is 84.3 cm³/mol. The number of carbonyl (C=O) groups excluding carboxylic acids is 2. The van der Waals surface area contributed by atoms with Crippen LogP contribution in [0, 0.1) is 6.92 Å². The van der Waals surface area contributed by atoms with E-state index in [1.165, 1.54) is 11.1 Å². The van der Waals surface area contributed by atoms with E-state index in [0.717, 1.165) is 10.2 Å². The first-order valence-electron chi connectivity index (χ1n) is 7.15. The summed E-state index contributed by atoms with van der Waals surface area (Å²) in [5, 5.41) is 15.9. The fraction of sp³-hybridized carbons (Fsp3) is 0.267. The molecule has 0 aliphatic heterocycles. The zero-order chi connectivity index (χ0) is 17.7. The molecular weight excluding hydrogens is 314 g/mol. The maximum absolute atomic E-state index is 12.6. The highest BCUT2D eigenvalue weighted by Gasteiger charge is 2.18. The van der Waals surface area contributed by atoms with E-state index in [1.807, 2.05) is 19.1 Å². The number of primary amides is 1. The first-order valence-corrected chi connectivity index (χ1v) is 7.15. The van der Waals surface area contributed by atoms with Crippen molar-refractivity contribution < 1.29 is 19.5 Å². The van der Waals surface area contributed by atoms with Crippen molar-refractivity contribution in [3.63, 3.8) is 0 Å².